The first-order valence-corrected chi connectivity index (χ1v) is 7.44. The molecule has 0 aliphatic carbocycles. The van der Waals surface area contributed by atoms with Gasteiger partial charge in [0.2, 0.25) is 0 Å². The van der Waals surface area contributed by atoms with E-state index in [0.717, 1.165) is 24.3 Å². The Morgan fingerprint density at radius 3 is 2.42 bits per heavy atom. The molecule has 0 bridgehead atoms. The lowest BCUT2D eigenvalue weighted by Gasteiger charge is -2.29. The zero-order valence-corrected chi connectivity index (χ0v) is 13.2. The standard InChI is InChI=1S/C19H11F5N2/c1-11-13(8-25)10-26(18-7-17(21)16(20)6-15(11)18)9-12-3-2-4-14(5-12)19(22,23)24/h2-7,10H,1,9H2. The molecule has 26 heavy (non-hydrogen) atoms. The maximum Gasteiger partial charge on any atom is 0.416 e. The molecule has 2 aromatic carbocycles. The Morgan fingerprint density at radius 2 is 1.77 bits per heavy atom. The van der Waals surface area contributed by atoms with Gasteiger partial charge in [0, 0.05) is 24.4 Å². The topological polar surface area (TPSA) is 27.0 Å². The minimum Gasteiger partial charge on any atom is -0.342 e. The minimum atomic E-state index is -4.49. The molecule has 1 heterocycles. The van der Waals surface area contributed by atoms with Crippen molar-refractivity contribution in [2.75, 3.05) is 4.90 Å². The number of alkyl halides is 3. The highest BCUT2D eigenvalue weighted by Gasteiger charge is 2.31. The highest BCUT2D eigenvalue weighted by Crippen LogP contribution is 2.38. The van der Waals surface area contributed by atoms with Crippen molar-refractivity contribution in [1.82, 2.24) is 0 Å². The Hall–Kier alpha value is -3.14. The van der Waals surface area contributed by atoms with E-state index in [0.29, 0.717) is 5.56 Å². The number of anilines is 1. The Labute approximate surface area is 146 Å². The summed E-state index contributed by atoms with van der Waals surface area (Å²) < 4.78 is 65.9. The molecule has 2 nitrogen and oxygen atoms in total. The summed E-state index contributed by atoms with van der Waals surface area (Å²) >= 11 is 0. The number of rotatable bonds is 2. The number of hydrogen-bond donors (Lipinski definition) is 0. The van der Waals surface area contributed by atoms with Crippen LogP contribution in [0.5, 0.6) is 0 Å². The Morgan fingerprint density at radius 1 is 1.08 bits per heavy atom. The van der Waals surface area contributed by atoms with Crippen LogP contribution in [-0.2, 0) is 12.7 Å². The van der Waals surface area contributed by atoms with Gasteiger partial charge in [0.05, 0.1) is 16.8 Å². The third-order valence-electron chi connectivity index (χ3n) is 4.01. The van der Waals surface area contributed by atoms with Crippen LogP contribution in [0.4, 0.5) is 27.6 Å². The molecule has 0 radical (unpaired) electrons. The number of hydrogen-bond acceptors (Lipinski definition) is 2. The van der Waals surface area contributed by atoms with Crippen LogP contribution in [-0.4, -0.2) is 0 Å². The van der Waals surface area contributed by atoms with Gasteiger partial charge in [-0.25, -0.2) is 8.78 Å². The summed E-state index contributed by atoms with van der Waals surface area (Å²) in [5.41, 5.74) is 0.278. The highest BCUT2D eigenvalue weighted by molar-refractivity contribution is 5.91. The van der Waals surface area contributed by atoms with Gasteiger partial charge in [-0.05, 0) is 29.3 Å². The summed E-state index contributed by atoms with van der Waals surface area (Å²) in [6, 6.07) is 8.44. The van der Waals surface area contributed by atoms with Crippen LogP contribution in [0.2, 0.25) is 0 Å². The molecule has 0 fully saturated rings. The first-order chi connectivity index (χ1) is 12.2. The van der Waals surface area contributed by atoms with E-state index in [9.17, 15) is 27.2 Å². The van der Waals surface area contributed by atoms with Crippen LogP contribution < -0.4 is 4.90 Å². The number of benzene rings is 2. The van der Waals surface area contributed by atoms with Crippen molar-refractivity contribution in [3.63, 3.8) is 0 Å². The fourth-order valence-electron chi connectivity index (χ4n) is 2.73. The molecule has 3 rings (SSSR count). The second kappa shape index (κ2) is 6.30. The summed E-state index contributed by atoms with van der Waals surface area (Å²) in [6.45, 7) is 3.66. The van der Waals surface area contributed by atoms with Crippen molar-refractivity contribution in [2.45, 2.75) is 12.7 Å². The fourth-order valence-corrected chi connectivity index (χ4v) is 2.73. The summed E-state index contributed by atoms with van der Waals surface area (Å²) in [6.07, 6.45) is -3.13. The van der Waals surface area contributed by atoms with E-state index in [1.54, 1.807) is 0 Å². The molecule has 0 amide bonds. The zero-order chi connectivity index (χ0) is 19.1. The summed E-state index contributed by atoms with van der Waals surface area (Å²) in [5.74, 6) is -2.19. The molecular weight excluding hydrogens is 351 g/mol. The van der Waals surface area contributed by atoms with Gasteiger partial charge < -0.3 is 4.90 Å². The van der Waals surface area contributed by atoms with Crippen LogP contribution in [0.1, 0.15) is 16.7 Å². The molecule has 0 aromatic heterocycles. The van der Waals surface area contributed by atoms with Crippen molar-refractivity contribution in [1.29, 1.82) is 5.26 Å². The first kappa shape index (κ1) is 17.7. The molecule has 0 saturated heterocycles. The quantitative estimate of drug-likeness (QED) is 0.667. The molecule has 7 heteroatoms. The largest absolute Gasteiger partial charge is 0.416 e. The van der Waals surface area contributed by atoms with E-state index < -0.39 is 23.4 Å². The molecule has 2 aromatic rings. The molecule has 0 saturated carbocycles. The van der Waals surface area contributed by atoms with Gasteiger partial charge >= 0.3 is 6.18 Å². The van der Waals surface area contributed by atoms with E-state index >= 15 is 0 Å². The Bertz CT molecular complexity index is 967. The summed E-state index contributed by atoms with van der Waals surface area (Å²) in [7, 11) is 0. The Kier molecular flexibility index (Phi) is 4.28. The molecule has 0 N–H and O–H groups in total. The maximum absolute atomic E-state index is 13.7. The predicted molar refractivity (Wildman–Crippen MR) is 86.7 cm³/mol. The summed E-state index contributed by atoms with van der Waals surface area (Å²) in [5, 5.41) is 9.22. The van der Waals surface area contributed by atoms with Crippen LogP contribution >= 0.6 is 0 Å². The van der Waals surface area contributed by atoms with Crippen molar-refractivity contribution < 1.29 is 22.0 Å². The van der Waals surface area contributed by atoms with Crippen molar-refractivity contribution in [3.8, 4) is 6.07 Å². The molecular formula is C19H11F5N2. The van der Waals surface area contributed by atoms with Gasteiger partial charge in [-0.3, -0.25) is 0 Å². The maximum atomic E-state index is 13.7. The average molecular weight is 362 g/mol. The van der Waals surface area contributed by atoms with Crippen LogP contribution in [0, 0.1) is 23.0 Å². The van der Waals surface area contributed by atoms with Crippen molar-refractivity contribution >= 4 is 11.3 Å². The van der Waals surface area contributed by atoms with E-state index in [-0.39, 0.29) is 28.9 Å². The minimum absolute atomic E-state index is 0.0551. The highest BCUT2D eigenvalue weighted by atomic mass is 19.4. The van der Waals surface area contributed by atoms with E-state index in [1.807, 2.05) is 6.07 Å². The number of allylic oxidation sites excluding steroid dienone is 2. The summed E-state index contributed by atoms with van der Waals surface area (Å²) in [4.78, 5) is 1.40. The van der Waals surface area contributed by atoms with Gasteiger partial charge in [0.15, 0.2) is 11.6 Å². The van der Waals surface area contributed by atoms with Crippen LogP contribution in [0.25, 0.3) is 5.57 Å². The number of halogens is 5. The second-order valence-corrected chi connectivity index (χ2v) is 5.74. The van der Waals surface area contributed by atoms with Crippen LogP contribution in [0.3, 0.4) is 0 Å². The Balaban J connectivity index is 2.05. The first-order valence-electron chi connectivity index (χ1n) is 7.44. The molecule has 132 valence electrons. The predicted octanol–water partition coefficient (Wildman–Crippen LogP) is 5.42. The number of nitrogens with zero attached hydrogens (tertiary/aromatic N) is 2. The normalized spacial score (nSPS) is 13.9. The van der Waals surface area contributed by atoms with Gasteiger partial charge in [-0.15, -0.1) is 0 Å². The van der Waals surface area contributed by atoms with Gasteiger partial charge in [0.1, 0.15) is 6.07 Å². The zero-order valence-electron chi connectivity index (χ0n) is 13.2. The van der Waals surface area contributed by atoms with E-state index in [4.69, 9.17) is 0 Å². The third-order valence-corrected chi connectivity index (χ3v) is 4.01. The SMILES string of the molecule is C=C1C(C#N)=CN(Cc2cccc(C(F)(F)F)c2)c2cc(F)c(F)cc21. The lowest BCUT2D eigenvalue weighted by Crippen LogP contribution is -2.22. The van der Waals surface area contributed by atoms with E-state index in [1.165, 1.54) is 23.2 Å². The van der Waals surface area contributed by atoms with E-state index in [2.05, 4.69) is 6.58 Å². The molecule has 1 aliphatic rings. The lowest BCUT2D eigenvalue weighted by atomic mass is 9.94. The van der Waals surface area contributed by atoms with Crippen molar-refractivity contribution in [2.24, 2.45) is 0 Å². The van der Waals surface area contributed by atoms with Crippen LogP contribution in [0.15, 0.2) is 54.8 Å². The number of nitriles is 1. The third kappa shape index (κ3) is 3.18. The monoisotopic (exact) mass is 362 g/mol. The second-order valence-electron chi connectivity index (χ2n) is 5.74. The lowest BCUT2D eigenvalue weighted by molar-refractivity contribution is -0.137. The van der Waals surface area contributed by atoms with Gasteiger partial charge in [0.25, 0.3) is 0 Å². The average Bonchev–Trinajstić information content (AvgIpc) is 2.58. The molecule has 1 aliphatic heterocycles. The molecule has 0 spiro atoms. The van der Waals surface area contributed by atoms with Crippen molar-refractivity contribution in [3.05, 3.63) is 83.1 Å². The van der Waals surface area contributed by atoms with Gasteiger partial charge in [-0.1, -0.05) is 18.7 Å². The number of fused-ring (bicyclic) bond motifs is 1. The van der Waals surface area contributed by atoms with Gasteiger partial charge in [-0.2, -0.15) is 18.4 Å². The smallest absolute Gasteiger partial charge is 0.342 e. The molecule has 0 unspecified atom stereocenters. The fraction of sp³-hybridized carbons (Fsp3) is 0.105. The molecule has 0 atom stereocenters.